The molecule has 0 aliphatic rings. The standard InChI is InChI=1S/2C3H8O.17C3H7O.Ca.ClH.14O.11Ti/c19*1-3(2)4;;;;;;;;;;;;;;;;;;;;;;;;;;;/h2*3-4H,1-2H3;17*3H,1-2H3;;1H;;;;;;;;;;;;;;;;;;;;;;;;;/q;;17*-1;+2;;14*-2;11*+4/p-1. The molecule has 0 rings (SSSR count). The molecule has 103 heavy (non-hydrogen) atoms. The number of aliphatic hydroxyl groups excluding tert-OH is 2. The Morgan fingerprint density at radius 3 is 0.126 bits per heavy atom. The van der Waals surface area contributed by atoms with Crippen LogP contribution in [-0.4, -0.2) is 164 Å². The number of hydrogen-bond donors (Lipinski definition) is 2. The van der Waals surface area contributed by atoms with E-state index in [9.17, 15) is 86.8 Å². The Labute approximate surface area is 830 Å². The van der Waals surface area contributed by atoms with Crippen molar-refractivity contribution in [3.05, 3.63) is 0 Å². The van der Waals surface area contributed by atoms with Crippen LogP contribution in [0.4, 0.5) is 0 Å². The van der Waals surface area contributed by atoms with Gasteiger partial charge in [0, 0.05) is 12.2 Å². The SMILES string of the molecule is CC(C)O.CC(C)O.CC(C)[O-].CC(C)[O-].CC(C)[O-].CC(C)[O-].CC(C)[O-].CC(C)[O-].CC(C)[O-].CC(C)[O-].CC(C)[O-].CC(C)[O-].CC(C)[O-].CC(C)[O-].CC(C)[O-].CC(C)[O-].CC(C)[O-].CC(C)[O-].CC(C)[O-].[Ca+2].[Cl-].[O-2].[O-2].[O-2].[O-2].[O-2].[O-2].[O-2].[O-2].[O-2].[O-2].[O-2].[O-2].[O-2].[O-2].[Ti+4].[Ti+4].[Ti+4].[Ti+4].[Ti+4].[Ti+4].[Ti+4].[Ti+4].[Ti+4].[Ti+4].[Ti+4]. The molecule has 0 fully saturated rings. The van der Waals surface area contributed by atoms with Crippen LogP contribution in [-0.2, 0) is 316 Å². The van der Waals surface area contributed by atoms with Crippen molar-refractivity contribution in [1.29, 1.82) is 0 Å². The fraction of sp³-hybridized carbons (Fsp3) is 1.00. The predicted molar refractivity (Wildman–Crippen MR) is 307 cm³/mol. The number of halogens is 1. The smallest absolute Gasteiger partial charge is 2.00 e. The van der Waals surface area contributed by atoms with Crippen LogP contribution >= 0.6 is 0 Å². The van der Waals surface area contributed by atoms with Gasteiger partial charge in [-0.3, -0.25) is 0 Å². The van der Waals surface area contributed by atoms with E-state index in [4.69, 9.17) is 10.2 Å². The monoisotopic (exact) mass is 1950 g/mol. The van der Waals surface area contributed by atoms with Crippen molar-refractivity contribution in [3.63, 3.8) is 0 Å². The van der Waals surface area contributed by atoms with Crippen molar-refractivity contribution in [2.75, 3.05) is 0 Å². The van der Waals surface area contributed by atoms with Gasteiger partial charge in [-0.25, -0.2) is 0 Å². The van der Waals surface area contributed by atoms with Crippen LogP contribution in [0.15, 0.2) is 0 Å². The molecule has 0 aliphatic carbocycles. The van der Waals surface area contributed by atoms with Crippen molar-refractivity contribution in [2.24, 2.45) is 0 Å². The van der Waals surface area contributed by atoms with Gasteiger partial charge in [0.05, 0.1) is 0 Å². The van der Waals surface area contributed by atoms with E-state index in [-0.39, 0.29) is 378 Å². The summed E-state index contributed by atoms with van der Waals surface area (Å²) in [6.07, 6.45) is -7.42. The summed E-state index contributed by atoms with van der Waals surface area (Å²) < 4.78 is 0. The quantitative estimate of drug-likeness (QED) is 0.213. The van der Waals surface area contributed by atoms with E-state index in [0.29, 0.717) is 0 Å². The third kappa shape index (κ3) is 19700. The van der Waals surface area contributed by atoms with Crippen LogP contribution in [0.25, 0.3) is 0 Å². The fourth-order valence-corrected chi connectivity index (χ4v) is 0. The van der Waals surface area contributed by atoms with Crippen LogP contribution < -0.4 is 99.2 Å². The summed E-state index contributed by atoms with van der Waals surface area (Å²) in [5.41, 5.74) is 0. The average molecular weight is 1950 g/mol. The minimum absolute atomic E-state index is 0. The Hall–Kier alpha value is 8.09. The predicted octanol–water partition coefficient (Wildman–Crippen LogP) is -8.46. The van der Waals surface area contributed by atoms with Crippen molar-refractivity contribution >= 4 is 37.7 Å². The summed E-state index contributed by atoms with van der Waals surface area (Å²) in [5, 5.41) is 178. The largest absolute Gasteiger partial charge is 4.00 e. The molecule has 0 aromatic rings. The molecular weight excluding hydrogens is 1810 g/mol. The zero-order chi connectivity index (χ0) is 68.0. The molecule has 33 nitrogen and oxygen atoms in total. The van der Waals surface area contributed by atoms with Gasteiger partial charge in [-0.05, 0) is 27.7 Å². The van der Waals surface area contributed by atoms with Gasteiger partial charge in [0.15, 0.2) is 0 Å². The van der Waals surface area contributed by atoms with Crippen LogP contribution in [0.2, 0.25) is 0 Å². The zero-order valence-electron chi connectivity index (χ0n) is 69.1. The molecule has 0 amide bonds. The van der Waals surface area contributed by atoms with Crippen molar-refractivity contribution < 1.29 is 425 Å². The zero-order valence-corrected chi connectivity index (χ0v) is 89.2. The maximum atomic E-state index is 9.53. The first-order valence-electron chi connectivity index (χ1n) is 26.5. The minimum Gasteiger partial charge on any atom is -2.00 e. The number of hydrogen-bond acceptors (Lipinski definition) is 19. The van der Waals surface area contributed by atoms with Crippen LogP contribution in [0.3, 0.4) is 0 Å². The van der Waals surface area contributed by atoms with Crippen LogP contribution in [0.1, 0.15) is 263 Å². The average Bonchev–Trinajstić information content (AvgIpc) is 2.95. The number of aliphatic hydroxyl groups is 2. The molecule has 0 saturated carbocycles. The third-order valence-electron chi connectivity index (χ3n) is 0. The van der Waals surface area contributed by atoms with E-state index in [1.54, 1.807) is 263 Å². The third-order valence-corrected chi connectivity index (χ3v) is 0. The van der Waals surface area contributed by atoms with Crippen molar-refractivity contribution in [2.45, 2.75) is 379 Å². The molecule has 0 unspecified atom stereocenters. The van der Waals surface area contributed by atoms with Gasteiger partial charge >= 0.3 is 277 Å². The molecule has 0 aromatic heterocycles. The van der Waals surface area contributed by atoms with Crippen LogP contribution in [0, 0.1) is 0 Å². The summed E-state index contributed by atoms with van der Waals surface area (Å²) in [4.78, 5) is 0. The van der Waals surface area contributed by atoms with Gasteiger partial charge in [-0.1, -0.05) is 235 Å². The second kappa shape index (κ2) is 309. The first-order chi connectivity index (χ1) is 32.9. The van der Waals surface area contributed by atoms with Gasteiger partial charge < -0.3 is 186 Å². The molecule has 0 radical (unpaired) electrons. The maximum absolute atomic E-state index is 9.53. The van der Waals surface area contributed by atoms with Gasteiger partial charge in [0.25, 0.3) is 0 Å². The van der Waals surface area contributed by atoms with Gasteiger partial charge in [0.1, 0.15) is 0 Å². The van der Waals surface area contributed by atoms with E-state index in [1.807, 2.05) is 0 Å². The molecule has 0 aromatic carbocycles. The topological polar surface area (TPSA) is 831 Å². The van der Waals surface area contributed by atoms with Crippen molar-refractivity contribution in [1.82, 2.24) is 0 Å². The molecule has 0 atom stereocenters. The van der Waals surface area contributed by atoms with E-state index in [2.05, 4.69) is 0 Å². The molecule has 0 spiro atoms. The Morgan fingerprint density at radius 2 is 0.126 bits per heavy atom. The Balaban J connectivity index is -0.00000000746. The first kappa shape index (κ1) is 318. The van der Waals surface area contributed by atoms with E-state index in [1.165, 1.54) is 0 Å². The minimum atomic E-state index is -0.417. The summed E-state index contributed by atoms with van der Waals surface area (Å²) in [6, 6.07) is 0. The molecule has 2 N–H and O–H groups in total. The van der Waals surface area contributed by atoms with E-state index in [0.717, 1.165) is 0 Å². The molecule has 0 saturated heterocycles. The first-order valence-corrected chi connectivity index (χ1v) is 26.5. The van der Waals surface area contributed by atoms with E-state index >= 15 is 0 Å². The second-order valence-corrected chi connectivity index (χ2v) is 20.0. The summed E-state index contributed by atoms with van der Waals surface area (Å²) in [6.45, 7) is 61.7. The normalized spacial score (nSPS) is 6.64. The Morgan fingerprint density at radius 1 is 0.126 bits per heavy atom. The van der Waals surface area contributed by atoms with Gasteiger partial charge in [-0.15, -0.1) is 104 Å². The van der Waals surface area contributed by atoms with Gasteiger partial charge in [0.2, 0.25) is 0 Å². The Kier molecular flexibility index (Phi) is 954. The molecule has 0 heterocycles. The molecular formula is C57H135CaClO33Ti11. The van der Waals surface area contributed by atoms with E-state index < -0.39 is 104 Å². The second-order valence-electron chi connectivity index (χ2n) is 20.0. The molecule has 0 aliphatic heterocycles. The van der Waals surface area contributed by atoms with Crippen molar-refractivity contribution in [3.8, 4) is 0 Å². The fourth-order valence-electron chi connectivity index (χ4n) is 0. The van der Waals surface area contributed by atoms with Gasteiger partial charge in [-0.2, -0.15) is 0 Å². The number of rotatable bonds is 0. The summed E-state index contributed by atoms with van der Waals surface area (Å²) in [7, 11) is 0. The molecule has 614 valence electrons. The maximum Gasteiger partial charge on any atom is 4.00 e. The molecule has 0 bridgehead atoms. The summed E-state index contributed by atoms with van der Waals surface area (Å²) >= 11 is 0. The summed E-state index contributed by atoms with van der Waals surface area (Å²) in [5.74, 6) is 0. The molecule has 46 heteroatoms. The Bertz CT molecular complexity index is 484. The van der Waals surface area contributed by atoms with Crippen LogP contribution in [0.5, 0.6) is 0 Å².